The maximum atomic E-state index is 11.2. The molecule has 0 radical (unpaired) electrons. The second kappa shape index (κ2) is 6.94. The average Bonchev–Trinajstić information content (AvgIpc) is 2.34. The Hall–Kier alpha value is -1.44. The molecule has 0 atom stereocenters. The fourth-order valence-electron chi connectivity index (χ4n) is 1.04. The number of amides is 1. The number of nitrogens with one attached hydrogen (secondary N) is 1. The number of benzene rings is 1. The molecule has 0 heterocycles. The smallest absolute Gasteiger partial charge is 0.231 e. The van der Waals surface area contributed by atoms with Crippen molar-refractivity contribution in [2.45, 2.75) is 11.5 Å². The van der Waals surface area contributed by atoms with Crippen LogP contribution in [0.15, 0.2) is 29.2 Å². The van der Waals surface area contributed by atoms with Gasteiger partial charge in [0.15, 0.2) is 0 Å². The molecule has 1 amide bonds. The third-order valence-electron chi connectivity index (χ3n) is 1.86. The van der Waals surface area contributed by atoms with Gasteiger partial charge in [-0.15, -0.1) is 18.2 Å². The molecule has 1 aromatic rings. The maximum absolute atomic E-state index is 11.2. The number of hydrogen-bond acceptors (Lipinski definition) is 3. The fourth-order valence-corrected chi connectivity index (χ4v) is 1.77. The normalized spacial score (nSPS) is 9.50. The lowest BCUT2D eigenvalue weighted by molar-refractivity contribution is -0.118. The highest BCUT2D eigenvalue weighted by Gasteiger charge is 2.01. The van der Waals surface area contributed by atoms with Crippen molar-refractivity contribution < 1.29 is 9.90 Å². The molecule has 0 aliphatic rings. The van der Waals surface area contributed by atoms with Gasteiger partial charge < -0.3 is 10.4 Å². The van der Waals surface area contributed by atoms with Crippen molar-refractivity contribution in [3.05, 3.63) is 29.8 Å². The van der Waals surface area contributed by atoms with Gasteiger partial charge in [-0.1, -0.05) is 18.1 Å². The first-order chi connectivity index (χ1) is 7.76. The second-order valence-corrected chi connectivity index (χ2v) is 4.12. The summed E-state index contributed by atoms with van der Waals surface area (Å²) in [4.78, 5) is 12.2. The van der Waals surface area contributed by atoms with Crippen LogP contribution in [-0.4, -0.2) is 23.3 Å². The van der Waals surface area contributed by atoms with Gasteiger partial charge in [0.25, 0.3) is 0 Å². The van der Waals surface area contributed by atoms with Crippen molar-refractivity contribution >= 4 is 17.7 Å². The molecule has 84 valence electrons. The first kappa shape index (κ1) is 12.6. The lowest BCUT2D eigenvalue weighted by Gasteiger charge is -2.02. The summed E-state index contributed by atoms with van der Waals surface area (Å²) in [5, 5.41) is 11.4. The maximum Gasteiger partial charge on any atom is 0.231 e. The summed E-state index contributed by atoms with van der Waals surface area (Å²) in [6.45, 7) is 0.302. The molecule has 3 nitrogen and oxygen atoms in total. The van der Waals surface area contributed by atoms with Gasteiger partial charge in [0.2, 0.25) is 5.91 Å². The molecular formula is C12H13NO2S. The van der Waals surface area contributed by atoms with Gasteiger partial charge in [0.05, 0.1) is 18.9 Å². The Morgan fingerprint density at radius 3 is 2.69 bits per heavy atom. The number of carbonyl (C=O) groups is 1. The van der Waals surface area contributed by atoms with E-state index >= 15 is 0 Å². The standard InChI is InChI=1S/C12H13NO2S/c1-2-7-13-12(15)9-16-11-5-3-10(8-14)4-6-11/h1,3-6,14H,7-9H2,(H,13,15). The van der Waals surface area contributed by atoms with Crippen molar-refractivity contribution in [2.24, 2.45) is 0 Å². The van der Waals surface area contributed by atoms with Crippen LogP contribution in [0.1, 0.15) is 5.56 Å². The molecular weight excluding hydrogens is 222 g/mol. The largest absolute Gasteiger partial charge is 0.392 e. The average molecular weight is 235 g/mol. The summed E-state index contributed by atoms with van der Waals surface area (Å²) in [5.74, 6) is 2.62. The molecule has 0 unspecified atom stereocenters. The zero-order valence-electron chi connectivity index (χ0n) is 8.77. The van der Waals surface area contributed by atoms with Crippen LogP contribution in [0.2, 0.25) is 0 Å². The van der Waals surface area contributed by atoms with Crippen LogP contribution >= 0.6 is 11.8 Å². The Morgan fingerprint density at radius 2 is 2.12 bits per heavy atom. The third kappa shape index (κ3) is 4.39. The van der Waals surface area contributed by atoms with Crippen molar-refractivity contribution in [1.82, 2.24) is 5.32 Å². The van der Waals surface area contributed by atoms with Gasteiger partial charge in [-0.3, -0.25) is 4.79 Å². The van der Waals surface area contributed by atoms with Crippen molar-refractivity contribution in [1.29, 1.82) is 0 Å². The highest BCUT2D eigenvalue weighted by Crippen LogP contribution is 2.17. The molecule has 2 N–H and O–H groups in total. The fraction of sp³-hybridized carbons (Fsp3) is 0.250. The molecule has 4 heteroatoms. The summed E-state index contributed by atoms with van der Waals surface area (Å²) >= 11 is 1.44. The summed E-state index contributed by atoms with van der Waals surface area (Å²) in [6, 6.07) is 7.43. The Balaban J connectivity index is 2.37. The molecule has 0 saturated carbocycles. The third-order valence-corrected chi connectivity index (χ3v) is 2.88. The molecule has 0 aliphatic heterocycles. The van der Waals surface area contributed by atoms with Gasteiger partial charge in [-0.05, 0) is 17.7 Å². The molecule has 0 fully saturated rings. The van der Waals surface area contributed by atoms with Gasteiger partial charge >= 0.3 is 0 Å². The number of carbonyl (C=O) groups excluding carboxylic acids is 1. The lowest BCUT2D eigenvalue weighted by Crippen LogP contribution is -2.25. The SMILES string of the molecule is C#CCNC(=O)CSc1ccc(CO)cc1. The minimum Gasteiger partial charge on any atom is -0.392 e. The van der Waals surface area contributed by atoms with Crippen LogP contribution in [0.3, 0.4) is 0 Å². The number of terminal acetylenes is 1. The quantitative estimate of drug-likeness (QED) is 0.592. The summed E-state index contributed by atoms with van der Waals surface area (Å²) < 4.78 is 0. The van der Waals surface area contributed by atoms with Gasteiger partial charge in [0, 0.05) is 4.90 Å². The summed E-state index contributed by atoms with van der Waals surface area (Å²) in [5.41, 5.74) is 0.862. The van der Waals surface area contributed by atoms with Crippen LogP contribution in [0.25, 0.3) is 0 Å². The van der Waals surface area contributed by atoms with E-state index in [1.54, 1.807) is 0 Å². The zero-order valence-corrected chi connectivity index (χ0v) is 9.59. The Morgan fingerprint density at radius 1 is 1.44 bits per heavy atom. The number of rotatable bonds is 5. The molecule has 1 aromatic carbocycles. The van der Waals surface area contributed by atoms with Crippen molar-refractivity contribution in [3.63, 3.8) is 0 Å². The van der Waals surface area contributed by atoms with Crippen LogP contribution < -0.4 is 5.32 Å². The number of aliphatic hydroxyl groups is 1. The molecule has 0 aliphatic carbocycles. The van der Waals surface area contributed by atoms with Crippen molar-refractivity contribution in [2.75, 3.05) is 12.3 Å². The van der Waals surface area contributed by atoms with Crippen LogP contribution in [0.4, 0.5) is 0 Å². The Kier molecular flexibility index (Phi) is 5.48. The minimum atomic E-state index is -0.0748. The summed E-state index contributed by atoms with van der Waals surface area (Å²) in [6.07, 6.45) is 5.02. The molecule has 0 spiro atoms. The molecule has 16 heavy (non-hydrogen) atoms. The molecule has 0 aromatic heterocycles. The van der Waals surface area contributed by atoms with E-state index in [0.717, 1.165) is 10.5 Å². The van der Waals surface area contributed by atoms with Gasteiger partial charge in [-0.2, -0.15) is 0 Å². The van der Waals surface area contributed by atoms with E-state index in [2.05, 4.69) is 11.2 Å². The topological polar surface area (TPSA) is 49.3 Å². The Labute approximate surface area is 99.2 Å². The number of thioether (sulfide) groups is 1. The first-order valence-corrected chi connectivity index (χ1v) is 5.77. The monoisotopic (exact) mass is 235 g/mol. The van der Waals surface area contributed by atoms with E-state index < -0.39 is 0 Å². The van der Waals surface area contributed by atoms with Crippen LogP contribution in [0.5, 0.6) is 0 Å². The summed E-state index contributed by atoms with van der Waals surface area (Å²) in [7, 11) is 0. The zero-order chi connectivity index (χ0) is 11.8. The highest BCUT2D eigenvalue weighted by molar-refractivity contribution is 8.00. The predicted octanol–water partition coefficient (Wildman–Crippen LogP) is 1.02. The van der Waals surface area contributed by atoms with Gasteiger partial charge in [-0.25, -0.2) is 0 Å². The van der Waals surface area contributed by atoms with E-state index in [1.807, 2.05) is 24.3 Å². The predicted molar refractivity (Wildman–Crippen MR) is 64.9 cm³/mol. The van der Waals surface area contributed by atoms with E-state index in [1.165, 1.54) is 11.8 Å². The van der Waals surface area contributed by atoms with E-state index in [0.29, 0.717) is 5.75 Å². The number of aliphatic hydroxyl groups excluding tert-OH is 1. The molecule has 1 rings (SSSR count). The molecule has 0 bridgehead atoms. The minimum absolute atomic E-state index is 0.0353. The Bertz CT molecular complexity index is 381. The van der Waals surface area contributed by atoms with Crippen LogP contribution in [-0.2, 0) is 11.4 Å². The van der Waals surface area contributed by atoms with Gasteiger partial charge in [0.1, 0.15) is 0 Å². The number of hydrogen-bond donors (Lipinski definition) is 2. The van der Waals surface area contributed by atoms with E-state index in [-0.39, 0.29) is 19.1 Å². The van der Waals surface area contributed by atoms with Crippen molar-refractivity contribution in [3.8, 4) is 12.3 Å². The first-order valence-electron chi connectivity index (χ1n) is 4.79. The second-order valence-electron chi connectivity index (χ2n) is 3.07. The highest BCUT2D eigenvalue weighted by atomic mass is 32.2. The molecule has 0 saturated heterocycles. The van der Waals surface area contributed by atoms with E-state index in [4.69, 9.17) is 11.5 Å². The van der Waals surface area contributed by atoms with E-state index in [9.17, 15) is 4.79 Å². The lowest BCUT2D eigenvalue weighted by atomic mass is 10.2. The van der Waals surface area contributed by atoms with Crippen LogP contribution in [0, 0.1) is 12.3 Å².